The summed E-state index contributed by atoms with van der Waals surface area (Å²) in [5.74, 6) is 1.74. The number of nitrogens with zero attached hydrogens (tertiary/aromatic N) is 5. The highest BCUT2D eigenvalue weighted by Crippen LogP contribution is 2.35. The maximum Gasteiger partial charge on any atom is 0.223 e. The van der Waals surface area contributed by atoms with Gasteiger partial charge in [0.2, 0.25) is 5.91 Å². The molecular formula is C28H33N5O4S. The van der Waals surface area contributed by atoms with Crippen LogP contribution in [0.5, 0.6) is 5.75 Å². The normalized spacial score (nSPS) is 17.0. The number of hydrogen-bond donors (Lipinski definition) is 1. The molecule has 9 nitrogen and oxygen atoms in total. The molecule has 0 unspecified atom stereocenters. The number of phenolic OH excluding ortho intramolecular Hbond substituents is 1. The molecule has 2 fully saturated rings. The average molecular weight is 536 g/mol. The Hall–Kier alpha value is -3.34. The summed E-state index contributed by atoms with van der Waals surface area (Å²) in [4.78, 5) is 41.7. The highest BCUT2D eigenvalue weighted by Gasteiger charge is 2.24. The van der Waals surface area contributed by atoms with E-state index in [4.69, 9.17) is 14.7 Å². The van der Waals surface area contributed by atoms with E-state index in [0.717, 1.165) is 54.3 Å². The summed E-state index contributed by atoms with van der Waals surface area (Å²) >= 11 is 1.72. The number of ether oxygens (including phenoxy) is 1. The Labute approximate surface area is 226 Å². The lowest BCUT2D eigenvalue weighted by molar-refractivity contribution is -0.134. The van der Waals surface area contributed by atoms with E-state index in [-0.39, 0.29) is 30.3 Å². The van der Waals surface area contributed by atoms with Crippen LogP contribution in [0.2, 0.25) is 0 Å². The van der Waals surface area contributed by atoms with Gasteiger partial charge in [-0.2, -0.15) is 0 Å². The van der Waals surface area contributed by atoms with Gasteiger partial charge in [0.25, 0.3) is 0 Å². The number of fused-ring (bicyclic) bond motifs is 1. The summed E-state index contributed by atoms with van der Waals surface area (Å²) < 4.78 is 6.62. The van der Waals surface area contributed by atoms with Gasteiger partial charge in [-0.1, -0.05) is 18.2 Å². The Morgan fingerprint density at radius 2 is 1.84 bits per heavy atom. The van der Waals surface area contributed by atoms with Gasteiger partial charge >= 0.3 is 0 Å². The van der Waals surface area contributed by atoms with Crippen LogP contribution in [0.1, 0.15) is 24.6 Å². The van der Waals surface area contributed by atoms with E-state index < -0.39 is 0 Å². The summed E-state index contributed by atoms with van der Waals surface area (Å²) in [6.07, 6.45) is 3.77. The number of hydrogen-bond acceptors (Lipinski definition) is 9. The van der Waals surface area contributed by atoms with Crippen molar-refractivity contribution in [2.45, 2.75) is 26.3 Å². The number of amides is 1. The first kappa shape index (κ1) is 26.3. The van der Waals surface area contributed by atoms with Gasteiger partial charge in [-0.3, -0.25) is 14.5 Å². The van der Waals surface area contributed by atoms with E-state index >= 15 is 0 Å². The smallest absolute Gasteiger partial charge is 0.223 e. The maximum atomic E-state index is 12.5. The van der Waals surface area contributed by atoms with Crippen LogP contribution in [-0.2, 0) is 20.9 Å². The number of morpholine rings is 1. The minimum Gasteiger partial charge on any atom is -0.508 e. The second-order valence-corrected chi connectivity index (χ2v) is 10.7. The van der Waals surface area contributed by atoms with E-state index in [1.54, 1.807) is 42.5 Å². The summed E-state index contributed by atoms with van der Waals surface area (Å²) in [7, 11) is 0. The van der Waals surface area contributed by atoms with Crippen LogP contribution in [0.3, 0.4) is 0 Å². The number of aromatic nitrogens is 2. The van der Waals surface area contributed by atoms with Crippen molar-refractivity contribution in [3.63, 3.8) is 0 Å². The van der Waals surface area contributed by atoms with Crippen LogP contribution >= 0.6 is 11.3 Å². The van der Waals surface area contributed by atoms with E-state index in [9.17, 15) is 14.7 Å². The highest BCUT2D eigenvalue weighted by molar-refractivity contribution is 7.19. The molecule has 2 saturated heterocycles. The number of phenols is 1. The molecule has 5 rings (SSSR count). The van der Waals surface area contributed by atoms with Gasteiger partial charge < -0.3 is 19.6 Å². The number of ketones is 1. The third-order valence-electron chi connectivity index (χ3n) is 6.86. The fourth-order valence-electron chi connectivity index (χ4n) is 4.84. The Kier molecular flexibility index (Phi) is 8.31. The Morgan fingerprint density at radius 1 is 1.05 bits per heavy atom. The number of piperazine rings is 1. The number of carbonyl (C=O) groups excluding carboxylic acids is 2. The lowest BCUT2D eigenvalue weighted by atomic mass is 10.2. The second kappa shape index (κ2) is 12.0. The molecule has 200 valence electrons. The summed E-state index contributed by atoms with van der Waals surface area (Å²) in [6.45, 7) is 8.38. The van der Waals surface area contributed by atoms with Gasteiger partial charge in [-0.15, -0.1) is 11.3 Å². The molecule has 0 saturated carbocycles. The largest absolute Gasteiger partial charge is 0.508 e. The van der Waals surface area contributed by atoms with Gasteiger partial charge in [0.15, 0.2) is 17.4 Å². The number of allylic oxidation sites excluding steroid dienone is 2. The Morgan fingerprint density at radius 3 is 2.58 bits per heavy atom. The van der Waals surface area contributed by atoms with Crippen molar-refractivity contribution >= 4 is 39.1 Å². The van der Waals surface area contributed by atoms with Crippen molar-refractivity contribution in [3.05, 3.63) is 47.4 Å². The molecule has 1 aromatic carbocycles. The van der Waals surface area contributed by atoms with Gasteiger partial charge in [-0.25, -0.2) is 9.97 Å². The molecule has 0 atom stereocenters. The van der Waals surface area contributed by atoms with Gasteiger partial charge in [0.05, 0.1) is 23.4 Å². The number of rotatable bonds is 8. The highest BCUT2D eigenvalue weighted by atomic mass is 32.1. The van der Waals surface area contributed by atoms with Gasteiger partial charge in [0, 0.05) is 69.1 Å². The Bertz CT molecular complexity index is 1330. The minimum atomic E-state index is -0.00369. The number of benzene rings is 1. The first-order valence-corrected chi connectivity index (χ1v) is 13.9. The number of aromatic hydroxyl groups is 1. The van der Waals surface area contributed by atoms with E-state index in [1.165, 1.54) is 11.0 Å². The van der Waals surface area contributed by atoms with Gasteiger partial charge in [-0.05, 0) is 31.2 Å². The third-order valence-corrected chi connectivity index (χ3v) is 7.97. The van der Waals surface area contributed by atoms with Crippen molar-refractivity contribution in [2.75, 3.05) is 57.4 Å². The SMILES string of the molecule is C/C=C/C(=O)CCC(=O)N1CCN(Cc2cc3nc(-c4cccc(O)c4)nc(N4CCOCC4)c3s2)CC1. The molecule has 0 bridgehead atoms. The van der Waals surface area contributed by atoms with Crippen molar-refractivity contribution in [1.29, 1.82) is 0 Å². The van der Waals surface area contributed by atoms with Gasteiger partial charge in [0.1, 0.15) is 5.75 Å². The first-order valence-electron chi connectivity index (χ1n) is 13.1. The Balaban J connectivity index is 1.30. The quantitative estimate of drug-likeness (QED) is 0.438. The molecule has 0 radical (unpaired) electrons. The van der Waals surface area contributed by atoms with Crippen molar-refractivity contribution in [3.8, 4) is 17.1 Å². The van der Waals surface area contributed by atoms with E-state index in [1.807, 2.05) is 11.0 Å². The van der Waals surface area contributed by atoms with Crippen molar-refractivity contribution < 1.29 is 19.4 Å². The minimum absolute atomic E-state index is 0.00369. The molecule has 0 spiro atoms. The molecule has 1 amide bonds. The van der Waals surface area contributed by atoms with E-state index in [0.29, 0.717) is 32.1 Å². The van der Waals surface area contributed by atoms with Crippen LogP contribution in [-0.4, -0.2) is 89.0 Å². The third kappa shape index (κ3) is 6.20. The number of carbonyl (C=O) groups is 2. The molecule has 38 heavy (non-hydrogen) atoms. The molecule has 10 heteroatoms. The fourth-order valence-corrected chi connectivity index (χ4v) is 5.99. The predicted molar refractivity (Wildman–Crippen MR) is 148 cm³/mol. The molecule has 2 aromatic heterocycles. The molecule has 0 aliphatic carbocycles. The fraction of sp³-hybridized carbons (Fsp3) is 0.429. The summed E-state index contributed by atoms with van der Waals surface area (Å²) in [5.41, 5.74) is 1.68. The lowest BCUT2D eigenvalue weighted by Crippen LogP contribution is -2.48. The van der Waals surface area contributed by atoms with Crippen molar-refractivity contribution in [2.24, 2.45) is 0 Å². The first-order chi connectivity index (χ1) is 18.5. The zero-order valence-electron chi connectivity index (χ0n) is 21.6. The monoisotopic (exact) mass is 535 g/mol. The maximum absolute atomic E-state index is 12.5. The zero-order valence-corrected chi connectivity index (χ0v) is 22.5. The molecular weight excluding hydrogens is 502 g/mol. The molecule has 2 aliphatic rings. The summed E-state index contributed by atoms with van der Waals surface area (Å²) in [6, 6.07) is 9.19. The predicted octanol–water partition coefficient (Wildman–Crippen LogP) is 3.47. The van der Waals surface area contributed by atoms with Crippen LogP contribution in [0.25, 0.3) is 21.6 Å². The lowest BCUT2D eigenvalue weighted by Gasteiger charge is -2.34. The van der Waals surface area contributed by atoms with E-state index in [2.05, 4.69) is 15.9 Å². The van der Waals surface area contributed by atoms with Crippen molar-refractivity contribution in [1.82, 2.24) is 19.8 Å². The summed E-state index contributed by atoms with van der Waals surface area (Å²) in [5, 5.41) is 9.99. The van der Waals surface area contributed by atoms with Crippen LogP contribution in [0.15, 0.2) is 42.5 Å². The number of anilines is 1. The molecule has 4 heterocycles. The topological polar surface area (TPSA) is 99.1 Å². The van der Waals surface area contributed by atoms with Crippen LogP contribution in [0, 0.1) is 0 Å². The molecule has 2 aliphatic heterocycles. The van der Waals surface area contributed by atoms with Crippen LogP contribution < -0.4 is 4.90 Å². The average Bonchev–Trinajstić information content (AvgIpc) is 3.34. The number of thiophene rings is 1. The molecule has 3 aromatic rings. The molecule has 1 N–H and O–H groups in total. The van der Waals surface area contributed by atoms with Crippen LogP contribution in [0.4, 0.5) is 5.82 Å². The zero-order chi connectivity index (χ0) is 26.5. The standard InChI is InChI=1S/C28H33N5O4S/c1-2-4-21(34)7-8-25(36)32-11-9-31(10-12-32)19-23-18-24-26(38-23)28(33-13-15-37-16-14-33)30-27(29-24)20-5-3-6-22(35)17-20/h2-6,17-18,35H,7-16,19H2,1H3/b4-2+. The second-order valence-electron chi connectivity index (χ2n) is 9.57.